The Labute approximate surface area is 141 Å². The number of nitrogens with one attached hydrogen (secondary N) is 1. The van der Waals surface area contributed by atoms with E-state index in [2.05, 4.69) is 10.2 Å². The molecule has 5 heteroatoms. The number of hydrogen-bond donors (Lipinski definition) is 1. The van der Waals surface area contributed by atoms with E-state index in [-0.39, 0.29) is 11.8 Å². The van der Waals surface area contributed by atoms with E-state index in [1.807, 2.05) is 12.1 Å². The van der Waals surface area contributed by atoms with Crippen LogP contribution in [0.1, 0.15) is 37.2 Å². The quantitative estimate of drug-likeness (QED) is 0.895. The number of nitrogens with zero attached hydrogens (tertiary/aromatic N) is 1. The molecule has 4 rings (SSSR count). The summed E-state index contributed by atoms with van der Waals surface area (Å²) in [4.78, 5) is 15.2. The van der Waals surface area contributed by atoms with E-state index in [0.717, 1.165) is 44.3 Å². The average molecular weight is 339 g/mol. The smallest absolute Gasteiger partial charge is 0.226 e. The molecule has 0 spiro atoms. The summed E-state index contributed by atoms with van der Waals surface area (Å²) in [5.41, 5.74) is 1.04. The van der Waals surface area contributed by atoms with Gasteiger partial charge in [-0.3, -0.25) is 4.79 Å². The Morgan fingerprint density at radius 1 is 1.18 bits per heavy atom. The Morgan fingerprint density at radius 3 is 2.86 bits per heavy atom. The standard InChI is InChI=1S/C17H20Cl2N2O/c18-15-3-1-2-12(16(15)19)13-8-14(13)17(22)21-10-4-5-11(21)9-20-7-6-10/h1-3,10-11,13-14,20H,4-9H2. The molecule has 0 aromatic heterocycles. The van der Waals surface area contributed by atoms with E-state index in [0.29, 0.717) is 28.0 Å². The van der Waals surface area contributed by atoms with Crippen LogP contribution in [0.15, 0.2) is 18.2 Å². The number of fused-ring (bicyclic) bond motifs is 2. The fraction of sp³-hybridized carbons (Fsp3) is 0.588. The van der Waals surface area contributed by atoms with Crippen molar-refractivity contribution in [1.82, 2.24) is 10.2 Å². The van der Waals surface area contributed by atoms with Crippen molar-refractivity contribution in [2.45, 2.75) is 43.7 Å². The number of halogens is 2. The van der Waals surface area contributed by atoms with Crippen LogP contribution in [0.3, 0.4) is 0 Å². The number of amides is 1. The Kier molecular flexibility index (Phi) is 3.83. The predicted molar refractivity (Wildman–Crippen MR) is 88.5 cm³/mol. The number of benzene rings is 1. The van der Waals surface area contributed by atoms with Gasteiger partial charge in [0.2, 0.25) is 5.91 Å². The van der Waals surface area contributed by atoms with Crippen molar-refractivity contribution < 1.29 is 4.79 Å². The molecule has 2 saturated heterocycles. The molecule has 1 saturated carbocycles. The molecule has 1 amide bonds. The summed E-state index contributed by atoms with van der Waals surface area (Å²) < 4.78 is 0. The molecular weight excluding hydrogens is 319 g/mol. The Hall–Kier alpha value is -0.770. The minimum absolute atomic E-state index is 0.0946. The molecule has 1 aromatic carbocycles. The molecule has 1 aliphatic carbocycles. The lowest BCUT2D eigenvalue weighted by molar-refractivity contribution is -0.135. The predicted octanol–water partition coefficient (Wildman–Crippen LogP) is 3.45. The van der Waals surface area contributed by atoms with Crippen molar-refractivity contribution in [3.63, 3.8) is 0 Å². The third-order valence-corrected chi connectivity index (χ3v) is 6.23. The van der Waals surface area contributed by atoms with Crippen LogP contribution in [-0.4, -0.2) is 36.0 Å². The molecule has 2 bridgehead atoms. The van der Waals surface area contributed by atoms with Gasteiger partial charge in [-0.25, -0.2) is 0 Å². The van der Waals surface area contributed by atoms with E-state index in [4.69, 9.17) is 23.2 Å². The lowest BCUT2D eigenvalue weighted by Crippen LogP contribution is -2.43. The van der Waals surface area contributed by atoms with Gasteiger partial charge in [-0.15, -0.1) is 0 Å². The highest BCUT2D eigenvalue weighted by Crippen LogP contribution is 2.52. The van der Waals surface area contributed by atoms with E-state index in [1.165, 1.54) is 0 Å². The average Bonchev–Trinajstić information content (AvgIpc) is 3.21. The maximum Gasteiger partial charge on any atom is 0.226 e. The SMILES string of the molecule is O=C(C1CC1c1cccc(Cl)c1Cl)N1C2CCNCC1CC2. The van der Waals surface area contributed by atoms with Crippen LogP contribution in [0.5, 0.6) is 0 Å². The molecule has 4 unspecified atom stereocenters. The molecule has 3 fully saturated rings. The van der Waals surface area contributed by atoms with Crippen molar-refractivity contribution in [2.24, 2.45) is 5.92 Å². The van der Waals surface area contributed by atoms with Crippen LogP contribution in [0.4, 0.5) is 0 Å². The zero-order chi connectivity index (χ0) is 15.3. The zero-order valence-corrected chi connectivity index (χ0v) is 13.9. The maximum atomic E-state index is 13.0. The first-order valence-corrected chi connectivity index (χ1v) is 8.89. The molecule has 4 atom stereocenters. The maximum absolute atomic E-state index is 13.0. The number of hydrogen-bond acceptors (Lipinski definition) is 2. The highest BCUT2D eigenvalue weighted by molar-refractivity contribution is 6.42. The van der Waals surface area contributed by atoms with Gasteiger partial charge >= 0.3 is 0 Å². The van der Waals surface area contributed by atoms with Crippen molar-refractivity contribution in [3.05, 3.63) is 33.8 Å². The van der Waals surface area contributed by atoms with Crippen LogP contribution >= 0.6 is 23.2 Å². The van der Waals surface area contributed by atoms with Gasteiger partial charge in [-0.05, 0) is 49.8 Å². The third-order valence-electron chi connectivity index (χ3n) is 5.40. The van der Waals surface area contributed by atoms with Crippen LogP contribution in [-0.2, 0) is 4.79 Å². The molecule has 2 aliphatic heterocycles. The molecule has 0 radical (unpaired) electrons. The van der Waals surface area contributed by atoms with E-state index in [1.54, 1.807) is 6.07 Å². The summed E-state index contributed by atoms with van der Waals surface area (Å²) in [7, 11) is 0. The molecular formula is C17H20Cl2N2O. The van der Waals surface area contributed by atoms with Gasteiger partial charge in [0.1, 0.15) is 0 Å². The van der Waals surface area contributed by atoms with Gasteiger partial charge in [0, 0.05) is 24.5 Å². The second kappa shape index (κ2) is 5.70. The molecule has 1 aromatic rings. The lowest BCUT2D eigenvalue weighted by Gasteiger charge is -2.28. The molecule has 2 heterocycles. The van der Waals surface area contributed by atoms with E-state index in [9.17, 15) is 4.79 Å². The molecule has 118 valence electrons. The van der Waals surface area contributed by atoms with Crippen LogP contribution in [0, 0.1) is 5.92 Å². The summed E-state index contributed by atoms with van der Waals surface area (Å²) in [6.07, 6.45) is 4.28. The van der Waals surface area contributed by atoms with Gasteiger partial charge in [-0.1, -0.05) is 35.3 Å². The van der Waals surface area contributed by atoms with Crippen molar-refractivity contribution in [3.8, 4) is 0 Å². The summed E-state index contributed by atoms with van der Waals surface area (Å²) in [5.74, 6) is 0.670. The van der Waals surface area contributed by atoms with Crippen LogP contribution < -0.4 is 5.32 Å². The topological polar surface area (TPSA) is 32.3 Å². The van der Waals surface area contributed by atoms with Gasteiger partial charge in [-0.2, -0.15) is 0 Å². The second-order valence-corrected chi connectivity index (χ2v) is 7.50. The van der Waals surface area contributed by atoms with Crippen LogP contribution in [0.2, 0.25) is 10.0 Å². The minimum atomic E-state index is 0.0946. The fourth-order valence-corrected chi connectivity index (χ4v) is 4.60. The molecule has 1 N–H and O–H groups in total. The number of carbonyl (C=O) groups is 1. The van der Waals surface area contributed by atoms with Crippen molar-refractivity contribution >= 4 is 29.1 Å². The summed E-state index contributed by atoms with van der Waals surface area (Å²) >= 11 is 12.4. The summed E-state index contributed by atoms with van der Waals surface area (Å²) in [6.45, 7) is 1.97. The first-order chi connectivity index (χ1) is 10.7. The van der Waals surface area contributed by atoms with Gasteiger partial charge in [0.05, 0.1) is 10.0 Å². The fourth-order valence-electron chi connectivity index (χ4n) is 4.15. The van der Waals surface area contributed by atoms with Crippen LogP contribution in [0.25, 0.3) is 0 Å². The van der Waals surface area contributed by atoms with Crippen molar-refractivity contribution in [2.75, 3.05) is 13.1 Å². The highest BCUT2D eigenvalue weighted by Gasteiger charge is 2.50. The number of rotatable bonds is 2. The van der Waals surface area contributed by atoms with Gasteiger partial charge in [0.25, 0.3) is 0 Å². The molecule has 3 nitrogen and oxygen atoms in total. The van der Waals surface area contributed by atoms with Gasteiger partial charge in [0.15, 0.2) is 0 Å². The normalized spacial score (nSPS) is 33.6. The second-order valence-electron chi connectivity index (χ2n) is 6.72. The first-order valence-electron chi connectivity index (χ1n) is 8.13. The van der Waals surface area contributed by atoms with Gasteiger partial charge < -0.3 is 10.2 Å². The zero-order valence-electron chi connectivity index (χ0n) is 12.4. The summed E-state index contributed by atoms with van der Waals surface area (Å²) in [5, 5.41) is 4.65. The largest absolute Gasteiger partial charge is 0.335 e. The van der Waals surface area contributed by atoms with E-state index < -0.39 is 0 Å². The Morgan fingerprint density at radius 2 is 2.00 bits per heavy atom. The van der Waals surface area contributed by atoms with Crippen molar-refractivity contribution in [1.29, 1.82) is 0 Å². The number of carbonyl (C=O) groups excluding carboxylic acids is 1. The first kappa shape index (κ1) is 14.8. The monoisotopic (exact) mass is 338 g/mol. The molecule has 3 aliphatic rings. The Balaban J connectivity index is 1.52. The lowest BCUT2D eigenvalue weighted by atomic mass is 10.1. The third kappa shape index (κ3) is 2.44. The molecule has 22 heavy (non-hydrogen) atoms. The Bertz CT molecular complexity index is 592. The minimum Gasteiger partial charge on any atom is -0.335 e. The highest BCUT2D eigenvalue weighted by atomic mass is 35.5. The van der Waals surface area contributed by atoms with E-state index >= 15 is 0 Å². The summed E-state index contributed by atoms with van der Waals surface area (Å²) in [6, 6.07) is 6.54.